The predicted octanol–water partition coefficient (Wildman–Crippen LogP) is 2.13. The Labute approximate surface area is 75.1 Å². The molecule has 12 heavy (non-hydrogen) atoms. The first-order valence-electron chi connectivity index (χ1n) is 4.30. The molecule has 1 aliphatic rings. The molecule has 0 aliphatic carbocycles. The van der Waals surface area contributed by atoms with Gasteiger partial charge in [0, 0.05) is 0 Å². The molecule has 0 fully saturated rings. The van der Waals surface area contributed by atoms with Gasteiger partial charge in [-0.1, -0.05) is 27.0 Å². The summed E-state index contributed by atoms with van der Waals surface area (Å²) in [6.45, 7) is 13.4. The van der Waals surface area contributed by atoms with Gasteiger partial charge in [0.15, 0.2) is 0 Å². The Balaban J connectivity index is 0.000000561. The van der Waals surface area contributed by atoms with E-state index in [1.54, 1.807) is 12.2 Å². The van der Waals surface area contributed by atoms with E-state index in [0.29, 0.717) is 6.17 Å². The monoisotopic (exact) mass is 166 g/mol. The molecule has 1 rings (SSSR count). The van der Waals surface area contributed by atoms with Gasteiger partial charge in [-0.25, -0.2) is 0 Å². The molecular formula is C10H18N2. The largest absolute Gasteiger partial charge is 0.364 e. The summed E-state index contributed by atoms with van der Waals surface area (Å²) in [4.78, 5) is 0. The highest BCUT2D eigenvalue weighted by molar-refractivity contribution is 5.32. The Hall–Kier alpha value is -1.18. The highest BCUT2D eigenvalue weighted by Crippen LogP contribution is 2.08. The topological polar surface area (TPSA) is 24.1 Å². The predicted molar refractivity (Wildman–Crippen MR) is 54.5 cm³/mol. The van der Waals surface area contributed by atoms with E-state index < -0.39 is 0 Å². The van der Waals surface area contributed by atoms with Crippen molar-refractivity contribution in [1.29, 1.82) is 0 Å². The van der Waals surface area contributed by atoms with E-state index in [4.69, 9.17) is 0 Å². The summed E-state index contributed by atoms with van der Waals surface area (Å²) in [6.07, 6.45) is 3.86. The zero-order valence-electron chi connectivity index (χ0n) is 8.15. The molecule has 0 aromatic carbocycles. The summed E-state index contributed by atoms with van der Waals surface area (Å²) in [5.41, 5.74) is 2.06. The van der Waals surface area contributed by atoms with Crippen LogP contribution in [0, 0.1) is 0 Å². The van der Waals surface area contributed by atoms with Crippen LogP contribution in [0.3, 0.4) is 0 Å². The maximum absolute atomic E-state index is 3.67. The third-order valence-electron chi connectivity index (χ3n) is 1.44. The van der Waals surface area contributed by atoms with Gasteiger partial charge in [0.25, 0.3) is 0 Å². The van der Waals surface area contributed by atoms with Crippen molar-refractivity contribution in [1.82, 2.24) is 10.6 Å². The van der Waals surface area contributed by atoms with E-state index in [2.05, 4.69) is 23.8 Å². The summed E-state index contributed by atoms with van der Waals surface area (Å²) in [7, 11) is 0. The molecular weight excluding hydrogens is 148 g/mol. The molecule has 2 heteroatoms. The minimum atomic E-state index is 0.293. The van der Waals surface area contributed by atoms with Crippen LogP contribution < -0.4 is 10.6 Å². The molecule has 0 amide bonds. The van der Waals surface area contributed by atoms with Gasteiger partial charge in [0.05, 0.1) is 17.6 Å². The molecule has 2 nitrogen and oxygen atoms in total. The molecule has 0 spiro atoms. The van der Waals surface area contributed by atoms with Gasteiger partial charge in [-0.2, -0.15) is 0 Å². The standard InChI is InChI=1S/C8H12N2.C2H6/c1-4-7-8(5-2)10-6(3)9-7;1-2/h4-6,9-10H,1-2H2,3H3;1-2H3. The van der Waals surface area contributed by atoms with Gasteiger partial charge >= 0.3 is 0 Å². The van der Waals surface area contributed by atoms with Crippen LogP contribution in [-0.2, 0) is 0 Å². The van der Waals surface area contributed by atoms with E-state index in [-0.39, 0.29) is 0 Å². The van der Waals surface area contributed by atoms with E-state index >= 15 is 0 Å². The molecule has 1 heterocycles. The summed E-state index contributed by atoms with van der Waals surface area (Å²) >= 11 is 0. The Morgan fingerprint density at radius 1 is 1.08 bits per heavy atom. The lowest BCUT2D eigenvalue weighted by Crippen LogP contribution is -2.28. The van der Waals surface area contributed by atoms with Crippen molar-refractivity contribution in [2.45, 2.75) is 26.9 Å². The first-order valence-corrected chi connectivity index (χ1v) is 4.30. The van der Waals surface area contributed by atoms with Crippen molar-refractivity contribution in [3.63, 3.8) is 0 Å². The molecule has 0 atom stereocenters. The lowest BCUT2D eigenvalue weighted by Gasteiger charge is -2.04. The van der Waals surface area contributed by atoms with Gasteiger partial charge in [-0.05, 0) is 19.1 Å². The van der Waals surface area contributed by atoms with Crippen molar-refractivity contribution in [3.05, 3.63) is 36.7 Å². The van der Waals surface area contributed by atoms with E-state index in [1.807, 2.05) is 20.8 Å². The fourth-order valence-corrected chi connectivity index (χ4v) is 0.996. The van der Waals surface area contributed by atoms with Gasteiger partial charge in [0.1, 0.15) is 0 Å². The molecule has 0 saturated carbocycles. The van der Waals surface area contributed by atoms with Crippen molar-refractivity contribution >= 4 is 0 Å². The van der Waals surface area contributed by atoms with Crippen molar-refractivity contribution in [3.8, 4) is 0 Å². The van der Waals surface area contributed by atoms with Gasteiger partial charge in [0.2, 0.25) is 0 Å². The highest BCUT2D eigenvalue weighted by Gasteiger charge is 2.12. The molecule has 68 valence electrons. The van der Waals surface area contributed by atoms with Crippen LogP contribution in [0.4, 0.5) is 0 Å². The fraction of sp³-hybridized carbons (Fsp3) is 0.400. The van der Waals surface area contributed by atoms with Crippen LogP contribution in [0.2, 0.25) is 0 Å². The average Bonchev–Trinajstić information content (AvgIpc) is 2.49. The minimum Gasteiger partial charge on any atom is -0.364 e. The molecule has 0 unspecified atom stereocenters. The molecule has 0 bridgehead atoms. The maximum atomic E-state index is 3.67. The number of hydrogen-bond acceptors (Lipinski definition) is 2. The quantitative estimate of drug-likeness (QED) is 0.656. The summed E-state index contributed by atoms with van der Waals surface area (Å²) in [5, 5.41) is 6.37. The summed E-state index contributed by atoms with van der Waals surface area (Å²) < 4.78 is 0. The van der Waals surface area contributed by atoms with Crippen molar-refractivity contribution in [2.24, 2.45) is 0 Å². The Morgan fingerprint density at radius 2 is 1.42 bits per heavy atom. The first kappa shape index (κ1) is 10.8. The highest BCUT2D eigenvalue weighted by atomic mass is 15.2. The van der Waals surface area contributed by atoms with Crippen LogP contribution in [0.15, 0.2) is 36.7 Å². The molecule has 2 N–H and O–H groups in total. The molecule has 0 radical (unpaired) electrons. The SMILES string of the molecule is C=CC1=C(C=C)NC(C)N1.CC. The lowest BCUT2D eigenvalue weighted by atomic mass is 10.3. The number of rotatable bonds is 2. The van der Waals surface area contributed by atoms with E-state index in [9.17, 15) is 0 Å². The zero-order chi connectivity index (χ0) is 9.56. The van der Waals surface area contributed by atoms with Crippen LogP contribution in [-0.4, -0.2) is 6.17 Å². The second kappa shape index (κ2) is 5.47. The second-order valence-electron chi connectivity index (χ2n) is 2.25. The fourth-order valence-electron chi connectivity index (χ4n) is 0.996. The Morgan fingerprint density at radius 3 is 1.67 bits per heavy atom. The normalized spacial score (nSPS) is 15.6. The number of nitrogens with one attached hydrogen (secondary N) is 2. The van der Waals surface area contributed by atoms with Gasteiger partial charge < -0.3 is 10.6 Å². The smallest absolute Gasteiger partial charge is 0.0935 e. The van der Waals surface area contributed by atoms with Crippen LogP contribution in [0.1, 0.15) is 20.8 Å². The Kier molecular flexibility index (Phi) is 4.93. The third-order valence-corrected chi connectivity index (χ3v) is 1.44. The van der Waals surface area contributed by atoms with Crippen molar-refractivity contribution < 1.29 is 0 Å². The van der Waals surface area contributed by atoms with Crippen molar-refractivity contribution in [2.75, 3.05) is 0 Å². The third kappa shape index (κ3) is 2.46. The second-order valence-corrected chi connectivity index (χ2v) is 2.25. The molecule has 0 aromatic rings. The maximum Gasteiger partial charge on any atom is 0.0935 e. The van der Waals surface area contributed by atoms with Crippen LogP contribution >= 0.6 is 0 Å². The van der Waals surface area contributed by atoms with E-state index in [1.165, 1.54) is 0 Å². The Bertz CT molecular complexity index is 172. The molecule has 0 aromatic heterocycles. The molecule has 0 saturated heterocycles. The first-order chi connectivity index (χ1) is 5.77. The van der Waals surface area contributed by atoms with Gasteiger partial charge in [-0.15, -0.1) is 0 Å². The molecule has 1 aliphatic heterocycles. The van der Waals surface area contributed by atoms with E-state index in [0.717, 1.165) is 11.4 Å². The van der Waals surface area contributed by atoms with Crippen LogP contribution in [0.25, 0.3) is 0 Å². The average molecular weight is 166 g/mol. The zero-order valence-corrected chi connectivity index (χ0v) is 8.15. The minimum absolute atomic E-state index is 0.293. The summed E-state index contributed by atoms with van der Waals surface area (Å²) in [5.74, 6) is 0. The number of allylic oxidation sites excluding steroid dienone is 2. The van der Waals surface area contributed by atoms with Crippen LogP contribution in [0.5, 0.6) is 0 Å². The lowest BCUT2D eigenvalue weighted by molar-refractivity contribution is 0.611. The van der Waals surface area contributed by atoms with Gasteiger partial charge in [-0.3, -0.25) is 0 Å². The number of hydrogen-bond donors (Lipinski definition) is 2. The summed E-state index contributed by atoms with van der Waals surface area (Å²) in [6, 6.07) is 0.